The molecule has 0 saturated carbocycles. The van der Waals surface area contributed by atoms with E-state index < -0.39 is 40.2 Å². The van der Waals surface area contributed by atoms with Crippen LogP contribution in [-0.4, -0.2) is 42.7 Å². The van der Waals surface area contributed by atoms with E-state index in [9.17, 15) is 24.5 Å². The van der Waals surface area contributed by atoms with Crippen LogP contribution in [0.4, 0.5) is 10.5 Å². The van der Waals surface area contributed by atoms with Crippen LogP contribution in [0, 0.1) is 10.1 Å². The van der Waals surface area contributed by atoms with E-state index in [4.69, 9.17) is 14.2 Å². The summed E-state index contributed by atoms with van der Waals surface area (Å²) in [6.45, 7) is 3.33. The van der Waals surface area contributed by atoms with Crippen LogP contribution >= 0.6 is 0 Å². The number of carbonyl (C=O) groups excluding carboxylic acids is 3. The minimum atomic E-state index is -1.40. The molecule has 0 aliphatic rings. The number of hydrogen-bond acceptors (Lipinski definition) is 8. The van der Waals surface area contributed by atoms with E-state index >= 15 is 0 Å². The number of nitrogens with one attached hydrogen (secondary N) is 2. The fraction of sp³-hybridized carbons (Fsp3) is 0.286. The number of ether oxygens (including phenoxy) is 3. The molecule has 0 fully saturated rings. The Labute approximate surface area is 183 Å². The minimum Gasteiger partial charge on any atom is -0.493 e. The fourth-order valence-corrected chi connectivity index (χ4v) is 2.61. The number of hydrogen-bond donors (Lipinski definition) is 2. The van der Waals surface area contributed by atoms with Gasteiger partial charge in [-0.25, -0.2) is 9.59 Å². The molecule has 2 rings (SSSR count). The number of benzene rings is 2. The van der Waals surface area contributed by atoms with Crippen molar-refractivity contribution in [3.8, 4) is 11.5 Å². The first-order valence-corrected chi connectivity index (χ1v) is 9.59. The summed E-state index contributed by atoms with van der Waals surface area (Å²) in [6.07, 6.45) is -1.40. The van der Waals surface area contributed by atoms with Crippen LogP contribution in [0.3, 0.4) is 0 Å². The number of methoxy groups -OCH3 is 1. The highest BCUT2D eigenvalue weighted by Crippen LogP contribution is 2.35. The monoisotopic (exact) mass is 445 g/mol. The maximum absolute atomic E-state index is 12.5. The maximum atomic E-state index is 12.5. The molecule has 170 valence electrons. The summed E-state index contributed by atoms with van der Waals surface area (Å²) in [5.41, 5.74) is -0.178. The number of carbonyl (C=O) groups is 3. The van der Waals surface area contributed by atoms with Gasteiger partial charge in [0.2, 0.25) is 0 Å². The Bertz CT molecular complexity index is 994. The van der Waals surface area contributed by atoms with Gasteiger partial charge in [-0.1, -0.05) is 30.3 Å². The normalized spacial score (nSPS) is 11.1. The SMILES string of the molecule is CCOc1cc(C(=O)OC(C)C(=O)NC(=O)NCc2ccccc2)c([N+](=O)[O-])cc1OC. The van der Waals surface area contributed by atoms with Crippen molar-refractivity contribution >= 4 is 23.6 Å². The molecule has 2 N–H and O–H groups in total. The summed E-state index contributed by atoms with van der Waals surface area (Å²) < 4.78 is 15.4. The highest BCUT2D eigenvalue weighted by molar-refractivity contribution is 6.00. The Kier molecular flexibility index (Phi) is 8.52. The topological polar surface area (TPSA) is 146 Å². The molecule has 0 aliphatic carbocycles. The predicted octanol–water partition coefficient (Wildman–Crippen LogP) is 2.57. The third-order valence-corrected chi connectivity index (χ3v) is 4.18. The van der Waals surface area contributed by atoms with Gasteiger partial charge in [-0.15, -0.1) is 0 Å². The molecule has 0 bridgehead atoms. The molecule has 3 amide bonds. The second kappa shape index (κ2) is 11.3. The van der Waals surface area contributed by atoms with Crippen molar-refractivity contribution in [3.05, 3.63) is 63.7 Å². The van der Waals surface area contributed by atoms with Crippen molar-refractivity contribution < 1.29 is 33.5 Å². The van der Waals surface area contributed by atoms with Crippen molar-refractivity contribution in [1.29, 1.82) is 0 Å². The summed E-state index contributed by atoms with van der Waals surface area (Å²) >= 11 is 0. The summed E-state index contributed by atoms with van der Waals surface area (Å²) in [5.74, 6) is -1.86. The number of nitro groups is 1. The van der Waals surface area contributed by atoms with Crippen LogP contribution in [-0.2, 0) is 16.1 Å². The van der Waals surface area contributed by atoms with Gasteiger partial charge in [0.1, 0.15) is 5.56 Å². The number of nitro benzene ring substituents is 1. The van der Waals surface area contributed by atoms with Crippen LogP contribution in [0.1, 0.15) is 29.8 Å². The van der Waals surface area contributed by atoms with E-state index in [1.165, 1.54) is 14.0 Å². The van der Waals surface area contributed by atoms with Gasteiger partial charge in [-0.3, -0.25) is 20.2 Å². The first-order valence-electron chi connectivity index (χ1n) is 9.59. The average molecular weight is 445 g/mol. The molecular formula is C21H23N3O8. The van der Waals surface area contributed by atoms with Gasteiger partial charge in [-0.2, -0.15) is 0 Å². The lowest BCUT2D eigenvalue weighted by Crippen LogP contribution is -2.44. The standard InChI is InChI=1S/C21H23N3O8/c1-4-31-18-10-15(16(24(28)29)11-17(18)30-3)20(26)32-13(2)19(25)23-21(27)22-12-14-8-6-5-7-9-14/h5-11,13H,4,12H2,1-3H3,(H2,22,23,25,27). The molecular weight excluding hydrogens is 422 g/mol. The quantitative estimate of drug-likeness (QED) is 0.340. The Morgan fingerprint density at radius 3 is 2.41 bits per heavy atom. The Morgan fingerprint density at radius 1 is 1.12 bits per heavy atom. The highest BCUT2D eigenvalue weighted by atomic mass is 16.6. The summed E-state index contributed by atoms with van der Waals surface area (Å²) in [4.78, 5) is 47.2. The second-order valence-electron chi connectivity index (χ2n) is 6.42. The zero-order chi connectivity index (χ0) is 23.7. The van der Waals surface area contributed by atoms with E-state index in [1.807, 2.05) is 11.4 Å². The van der Waals surface area contributed by atoms with Crippen molar-refractivity contribution in [2.75, 3.05) is 13.7 Å². The molecule has 2 aromatic rings. The lowest BCUT2D eigenvalue weighted by atomic mass is 10.1. The molecule has 0 radical (unpaired) electrons. The van der Waals surface area contributed by atoms with Gasteiger partial charge in [-0.05, 0) is 19.4 Å². The smallest absolute Gasteiger partial charge is 0.346 e. The van der Waals surface area contributed by atoms with Crippen molar-refractivity contribution in [1.82, 2.24) is 10.6 Å². The minimum absolute atomic E-state index is 0.0657. The first-order chi connectivity index (χ1) is 15.3. The molecule has 11 nitrogen and oxygen atoms in total. The lowest BCUT2D eigenvalue weighted by molar-refractivity contribution is -0.385. The average Bonchev–Trinajstić information content (AvgIpc) is 2.78. The summed E-state index contributed by atoms with van der Waals surface area (Å²) in [7, 11) is 1.30. The number of amides is 3. The fourth-order valence-electron chi connectivity index (χ4n) is 2.61. The van der Waals surface area contributed by atoms with Crippen LogP contribution in [0.2, 0.25) is 0 Å². The molecule has 0 saturated heterocycles. The van der Waals surface area contributed by atoms with E-state index in [-0.39, 0.29) is 24.7 Å². The molecule has 1 atom stereocenters. The van der Waals surface area contributed by atoms with Crippen molar-refractivity contribution in [3.63, 3.8) is 0 Å². The molecule has 0 heterocycles. The van der Waals surface area contributed by atoms with E-state index in [1.54, 1.807) is 31.2 Å². The number of rotatable bonds is 9. The molecule has 2 aromatic carbocycles. The van der Waals surface area contributed by atoms with Crippen molar-refractivity contribution in [2.24, 2.45) is 0 Å². The molecule has 11 heteroatoms. The van der Waals surface area contributed by atoms with Gasteiger partial charge in [0.25, 0.3) is 11.6 Å². The van der Waals surface area contributed by atoms with Crippen LogP contribution in [0.5, 0.6) is 11.5 Å². The van der Waals surface area contributed by atoms with Gasteiger partial charge >= 0.3 is 12.0 Å². The first kappa shape index (κ1) is 24.1. The number of nitrogens with zero attached hydrogens (tertiary/aromatic N) is 1. The predicted molar refractivity (Wildman–Crippen MR) is 113 cm³/mol. The molecule has 32 heavy (non-hydrogen) atoms. The number of imide groups is 1. The molecule has 0 aliphatic heterocycles. The third-order valence-electron chi connectivity index (χ3n) is 4.18. The zero-order valence-corrected chi connectivity index (χ0v) is 17.7. The maximum Gasteiger partial charge on any atom is 0.346 e. The second-order valence-corrected chi connectivity index (χ2v) is 6.42. The van der Waals surface area contributed by atoms with Crippen LogP contribution < -0.4 is 20.1 Å². The Hall–Kier alpha value is -4.15. The number of urea groups is 1. The van der Waals surface area contributed by atoms with Crippen LogP contribution in [0.15, 0.2) is 42.5 Å². The highest BCUT2D eigenvalue weighted by Gasteiger charge is 2.29. The molecule has 1 unspecified atom stereocenters. The van der Waals surface area contributed by atoms with Gasteiger partial charge in [0.05, 0.1) is 24.7 Å². The third kappa shape index (κ3) is 6.42. The van der Waals surface area contributed by atoms with Gasteiger partial charge in [0, 0.05) is 12.6 Å². The van der Waals surface area contributed by atoms with Crippen LogP contribution in [0.25, 0.3) is 0 Å². The van der Waals surface area contributed by atoms with Gasteiger partial charge in [0.15, 0.2) is 17.6 Å². The lowest BCUT2D eigenvalue weighted by Gasteiger charge is -2.15. The Balaban J connectivity index is 2.05. The summed E-state index contributed by atoms with van der Waals surface area (Å²) in [5, 5.41) is 15.9. The number of esters is 1. The van der Waals surface area contributed by atoms with Gasteiger partial charge < -0.3 is 19.5 Å². The molecule has 0 aromatic heterocycles. The molecule has 0 spiro atoms. The zero-order valence-electron chi connectivity index (χ0n) is 17.7. The van der Waals surface area contributed by atoms with E-state index in [0.717, 1.165) is 17.7 Å². The van der Waals surface area contributed by atoms with E-state index in [0.29, 0.717) is 0 Å². The summed E-state index contributed by atoms with van der Waals surface area (Å²) in [6, 6.07) is 10.4. The van der Waals surface area contributed by atoms with E-state index in [2.05, 4.69) is 5.32 Å². The largest absolute Gasteiger partial charge is 0.493 e. The Morgan fingerprint density at radius 2 is 1.81 bits per heavy atom. The van der Waals surface area contributed by atoms with Crippen molar-refractivity contribution in [2.45, 2.75) is 26.5 Å².